The number of carbonyl (C=O) groups is 4. The van der Waals surface area contributed by atoms with Crippen molar-refractivity contribution in [1.82, 2.24) is 15.1 Å². The van der Waals surface area contributed by atoms with Gasteiger partial charge in [0.15, 0.2) is 5.78 Å². The van der Waals surface area contributed by atoms with E-state index in [-0.39, 0.29) is 48.5 Å². The lowest BCUT2D eigenvalue weighted by Crippen LogP contribution is -2.54. The maximum atomic E-state index is 15.5. The second-order valence-electron chi connectivity index (χ2n) is 12.8. The van der Waals surface area contributed by atoms with Crippen molar-refractivity contribution in [2.24, 2.45) is 11.8 Å². The highest BCUT2D eigenvalue weighted by molar-refractivity contribution is 6.09. The Bertz CT molecular complexity index is 1590. The van der Waals surface area contributed by atoms with Gasteiger partial charge in [0.25, 0.3) is 0 Å². The molecule has 1 aromatic heterocycles. The number of ether oxygens (including phenoxy) is 1. The number of likely N-dealkylation sites (N-methyl/N-ethyl adjacent to an activating group) is 1. The summed E-state index contributed by atoms with van der Waals surface area (Å²) in [5.41, 5.74) is 1.46. The summed E-state index contributed by atoms with van der Waals surface area (Å²) in [6.45, 7) is 4.31. The molecule has 3 aromatic rings. The smallest absolute Gasteiger partial charge is 0.245 e. The number of amides is 3. The zero-order valence-corrected chi connectivity index (χ0v) is 27.5. The van der Waals surface area contributed by atoms with E-state index in [0.717, 1.165) is 45.2 Å². The molecule has 2 aromatic carbocycles. The van der Waals surface area contributed by atoms with Gasteiger partial charge in [-0.05, 0) is 61.7 Å². The average molecular weight is 649 g/mol. The summed E-state index contributed by atoms with van der Waals surface area (Å²) in [5, 5.41) is 6.19. The van der Waals surface area contributed by atoms with Crippen LogP contribution in [0, 0.1) is 17.7 Å². The number of methoxy groups -OCH3 is 1. The van der Waals surface area contributed by atoms with Gasteiger partial charge in [-0.25, -0.2) is 4.39 Å². The van der Waals surface area contributed by atoms with Crippen LogP contribution < -0.4 is 15.4 Å². The zero-order chi connectivity index (χ0) is 33.5. The average Bonchev–Trinajstić information content (AvgIpc) is 3.51. The van der Waals surface area contributed by atoms with E-state index in [1.165, 1.54) is 18.4 Å². The first-order valence-corrected chi connectivity index (χ1v) is 16.6. The maximum absolute atomic E-state index is 15.5. The van der Waals surface area contributed by atoms with Gasteiger partial charge in [-0.2, -0.15) is 0 Å². The number of nitrogens with one attached hydrogen (secondary N) is 2. The van der Waals surface area contributed by atoms with E-state index in [9.17, 15) is 19.2 Å². The molecule has 11 heteroatoms. The number of piperazine rings is 1. The Morgan fingerprint density at radius 1 is 1.02 bits per heavy atom. The van der Waals surface area contributed by atoms with Crippen LogP contribution in [0.15, 0.2) is 47.1 Å². The second-order valence-corrected chi connectivity index (χ2v) is 12.8. The van der Waals surface area contributed by atoms with E-state index in [0.29, 0.717) is 40.9 Å². The monoisotopic (exact) mass is 648 g/mol. The van der Waals surface area contributed by atoms with Crippen LogP contribution in [0.4, 0.5) is 10.1 Å². The summed E-state index contributed by atoms with van der Waals surface area (Å²) < 4.78 is 26.5. The quantitative estimate of drug-likeness (QED) is 0.259. The predicted octanol–water partition coefficient (Wildman–Crippen LogP) is 5.20. The Hall–Kier alpha value is -4.25. The van der Waals surface area contributed by atoms with Gasteiger partial charge in [-0.15, -0.1) is 0 Å². The van der Waals surface area contributed by atoms with Crippen LogP contribution in [0.1, 0.15) is 67.8 Å². The van der Waals surface area contributed by atoms with Crippen molar-refractivity contribution >= 4 is 40.2 Å². The Morgan fingerprint density at radius 2 is 1.77 bits per heavy atom. The molecule has 10 nitrogen and oxygen atoms in total. The minimum Gasteiger partial charge on any atom is -0.497 e. The number of fused-ring (bicyclic) bond motifs is 1. The molecular formula is C36H45FN4O6. The topological polar surface area (TPSA) is 121 Å². The highest BCUT2D eigenvalue weighted by Crippen LogP contribution is 2.35. The number of rotatable bonds is 12. The molecule has 252 valence electrons. The number of hydrogen-bond acceptors (Lipinski definition) is 7. The number of hydrogen-bond donors (Lipinski definition) is 2. The first-order valence-electron chi connectivity index (χ1n) is 16.6. The number of nitrogens with zero attached hydrogens (tertiary/aromatic N) is 2. The second kappa shape index (κ2) is 15.6. The minimum atomic E-state index is -0.827. The van der Waals surface area contributed by atoms with Gasteiger partial charge in [0, 0.05) is 56.7 Å². The normalized spacial score (nSPS) is 17.2. The molecule has 2 aliphatic rings. The Balaban J connectivity index is 1.31. The van der Waals surface area contributed by atoms with Gasteiger partial charge in [0.1, 0.15) is 29.5 Å². The number of benzene rings is 2. The molecule has 2 atom stereocenters. The van der Waals surface area contributed by atoms with Crippen molar-refractivity contribution in [3.63, 3.8) is 0 Å². The highest BCUT2D eigenvalue weighted by Gasteiger charge is 2.33. The number of furan rings is 1. The Kier molecular flexibility index (Phi) is 11.3. The Morgan fingerprint density at radius 3 is 2.45 bits per heavy atom. The van der Waals surface area contributed by atoms with Gasteiger partial charge in [0.05, 0.1) is 18.4 Å². The van der Waals surface area contributed by atoms with E-state index in [1.54, 1.807) is 43.2 Å². The van der Waals surface area contributed by atoms with Crippen LogP contribution in [-0.2, 0) is 20.8 Å². The van der Waals surface area contributed by atoms with Gasteiger partial charge < -0.3 is 29.6 Å². The van der Waals surface area contributed by atoms with Crippen molar-refractivity contribution in [2.75, 3.05) is 45.7 Å². The molecule has 3 amide bonds. The molecule has 47 heavy (non-hydrogen) atoms. The van der Waals surface area contributed by atoms with Crippen LogP contribution in [0.3, 0.4) is 0 Å². The predicted molar refractivity (Wildman–Crippen MR) is 177 cm³/mol. The van der Waals surface area contributed by atoms with E-state index in [1.807, 2.05) is 7.05 Å². The number of halogens is 1. The molecule has 1 saturated carbocycles. The lowest BCUT2D eigenvalue weighted by atomic mass is 9.77. The first kappa shape index (κ1) is 34.1. The minimum absolute atomic E-state index is 0.00467. The van der Waals surface area contributed by atoms with Gasteiger partial charge in [-0.3, -0.25) is 19.2 Å². The van der Waals surface area contributed by atoms with Crippen LogP contribution in [0.2, 0.25) is 0 Å². The van der Waals surface area contributed by atoms with Crippen molar-refractivity contribution < 1.29 is 32.7 Å². The third-order valence-corrected chi connectivity index (χ3v) is 9.54. The lowest BCUT2D eigenvalue weighted by molar-refractivity contribution is -0.137. The summed E-state index contributed by atoms with van der Waals surface area (Å²) in [7, 11) is 3.55. The third-order valence-electron chi connectivity index (χ3n) is 9.54. The van der Waals surface area contributed by atoms with Crippen LogP contribution in [0.5, 0.6) is 5.75 Å². The highest BCUT2D eigenvalue weighted by atomic mass is 19.1. The molecule has 5 rings (SSSR count). The summed E-state index contributed by atoms with van der Waals surface area (Å²) >= 11 is 0. The fourth-order valence-electron chi connectivity index (χ4n) is 6.66. The first-order chi connectivity index (χ1) is 22.7. The van der Waals surface area contributed by atoms with Gasteiger partial charge in [0.2, 0.25) is 17.7 Å². The standard InChI is InChI=1S/C36H45FN4O6/c1-4-34(43)38-31(36(45)41-16-14-40(2)15-17-41)19-23-10-12-30(29(37)18-23)39-35(44)26(24-8-6-5-7-9-24)21-32(42)28-22-47-33-13-11-25(46-3)20-27(28)33/h10-13,18,20,22,24,26,31H,4-9,14-17,19,21H2,1-3H3,(H,38,43)(H,39,44)/t26-,31+/m0/s1. The summed E-state index contributed by atoms with van der Waals surface area (Å²) in [6.07, 6.45) is 6.39. The fourth-order valence-corrected chi connectivity index (χ4v) is 6.66. The molecule has 0 bridgehead atoms. The number of ketones is 1. The molecular weight excluding hydrogens is 603 g/mol. The molecule has 0 radical (unpaired) electrons. The largest absolute Gasteiger partial charge is 0.497 e. The molecule has 1 saturated heterocycles. The zero-order valence-electron chi connectivity index (χ0n) is 27.5. The summed E-state index contributed by atoms with van der Waals surface area (Å²) in [4.78, 5) is 56.9. The Labute approximate surface area is 275 Å². The molecule has 0 unspecified atom stereocenters. The maximum Gasteiger partial charge on any atom is 0.245 e. The van der Waals surface area contributed by atoms with Crippen molar-refractivity contribution in [2.45, 2.75) is 64.3 Å². The van der Waals surface area contributed by atoms with Crippen LogP contribution in [-0.4, -0.2) is 79.7 Å². The lowest BCUT2D eigenvalue weighted by Gasteiger charge is -2.34. The van der Waals surface area contributed by atoms with E-state index < -0.39 is 23.7 Å². The SMILES string of the molecule is CCC(=O)N[C@H](Cc1ccc(NC(=O)[C@@H](CC(=O)c2coc3ccc(OC)cc23)C2CCCCC2)c(F)c1)C(=O)N1CCN(C)CC1. The number of carbonyl (C=O) groups excluding carboxylic acids is 4. The number of anilines is 1. The molecule has 2 fully saturated rings. The van der Waals surface area contributed by atoms with Crippen LogP contribution >= 0.6 is 0 Å². The van der Waals surface area contributed by atoms with Crippen LogP contribution in [0.25, 0.3) is 11.0 Å². The van der Waals surface area contributed by atoms with E-state index >= 15 is 4.39 Å². The van der Waals surface area contributed by atoms with E-state index in [2.05, 4.69) is 15.5 Å². The molecule has 2 N–H and O–H groups in total. The van der Waals surface area contributed by atoms with Crippen molar-refractivity contribution in [3.05, 3.63) is 59.6 Å². The van der Waals surface area contributed by atoms with Crippen molar-refractivity contribution in [1.29, 1.82) is 0 Å². The fraction of sp³-hybridized carbons (Fsp3) is 0.500. The summed E-state index contributed by atoms with van der Waals surface area (Å²) in [6, 6.07) is 8.85. The molecule has 0 spiro atoms. The molecule has 2 heterocycles. The third kappa shape index (κ3) is 8.38. The van der Waals surface area contributed by atoms with E-state index in [4.69, 9.17) is 9.15 Å². The van der Waals surface area contributed by atoms with Gasteiger partial charge >= 0.3 is 0 Å². The number of Topliss-reactive ketones (excluding diaryl/α,β-unsaturated/α-hetero) is 1. The van der Waals surface area contributed by atoms with Gasteiger partial charge in [-0.1, -0.05) is 32.3 Å². The summed E-state index contributed by atoms with van der Waals surface area (Å²) in [5.74, 6) is -1.78. The van der Waals surface area contributed by atoms with Crippen molar-refractivity contribution in [3.8, 4) is 5.75 Å². The molecule has 1 aliphatic carbocycles. The molecule has 1 aliphatic heterocycles.